The molecule has 0 saturated heterocycles. The van der Waals surface area contributed by atoms with E-state index in [-0.39, 0.29) is 5.91 Å². The molecule has 3 aromatic carbocycles. The molecule has 0 aromatic heterocycles. The fourth-order valence-electron chi connectivity index (χ4n) is 4.12. The highest BCUT2D eigenvalue weighted by atomic mass is 19.1. The van der Waals surface area contributed by atoms with E-state index < -0.39 is 11.7 Å². The van der Waals surface area contributed by atoms with E-state index in [4.69, 9.17) is 0 Å². The molecule has 5 heteroatoms. The van der Waals surface area contributed by atoms with Gasteiger partial charge in [-0.1, -0.05) is 60.2 Å². The van der Waals surface area contributed by atoms with Gasteiger partial charge in [0.05, 0.1) is 11.3 Å². The predicted molar refractivity (Wildman–Crippen MR) is 124 cm³/mol. The molecule has 0 atom stereocenters. The van der Waals surface area contributed by atoms with Gasteiger partial charge in [0.2, 0.25) is 0 Å². The van der Waals surface area contributed by atoms with Gasteiger partial charge in [-0.2, -0.15) is 0 Å². The second-order valence-electron chi connectivity index (χ2n) is 7.97. The summed E-state index contributed by atoms with van der Waals surface area (Å²) < 4.78 is 13.6. The molecule has 32 heavy (non-hydrogen) atoms. The van der Waals surface area contributed by atoms with E-state index in [1.54, 1.807) is 18.2 Å². The van der Waals surface area contributed by atoms with Crippen LogP contribution in [0.5, 0.6) is 0 Å². The summed E-state index contributed by atoms with van der Waals surface area (Å²) >= 11 is 0. The smallest absolute Gasteiger partial charge is 0.282 e. The van der Waals surface area contributed by atoms with E-state index in [9.17, 15) is 14.0 Å². The van der Waals surface area contributed by atoms with Gasteiger partial charge in [0.1, 0.15) is 11.5 Å². The average Bonchev–Trinajstić information content (AvgIpc) is 3.04. The molecule has 1 heterocycles. The third-order valence-corrected chi connectivity index (χ3v) is 5.70. The van der Waals surface area contributed by atoms with Crippen molar-refractivity contribution >= 4 is 23.1 Å². The molecule has 1 aliphatic rings. The van der Waals surface area contributed by atoms with E-state index in [1.807, 2.05) is 68.1 Å². The van der Waals surface area contributed by atoms with Gasteiger partial charge in [0.25, 0.3) is 11.8 Å². The van der Waals surface area contributed by atoms with Crippen LogP contribution in [0.15, 0.2) is 78.5 Å². The first-order valence-corrected chi connectivity index (χ1v) is 10.7. The minimum absolute atomic E-state index is 0.299. The maximum atomic E-state index is 13.7. The van der Waals surface area contributed by atoms with Crippen LogP contribution in [0.1, 0.15) is 29.2 Å². The Morgan fingerprint density at radius 2 is 1.56 bits per heavy atom. The van der Waals surface area contributed by atoms with Crippen molar-refractivity contribution in [3.63, 3.8) is 0 Å². The molecule has 4 nitrogen and oxygen atoms in total. The first-order chi connectivity index (χ1) is 15.4. The quantitative estimate of drug-likeness (QED) is 0.504. The number of halogens is 1. The Kier molecular flexibility index (Phi) is 5.91. The Bertz CT molecular complexity index is 1200. The maximum Gasteiger partial charge on any atom is 0.282 e. The lowest BCUT2D eigenvalue weighted by molar-refractivity contribution is -0.120. The molecular weight excluding hydrogens is 403 g/mol. The number of anilines is 1. The van der Waals surface area contributed by atoms with Gasteiger partial charge >= 0.3 is 0 Å². The summed E-state index contributed by atoms with van der Waals surface area (Å²) in [5.74, 6) is -1.15. The number of likely N-dealkylation sites (N-methyl/N-ethyl adjacent to an activating group) is 1. The minimum Gasteiger partial charge on any atom is -0.362 e. The molecule has 0 saturated carbocycles. The number of amides is 2. The van der Waals surface area contributed by atoms with Crippen molar-refractivity contribution in [2.24, 2.45) is 0 Å². The topological polar surface area (TPSA) is 40.6 Å². The zero-order valence-electron chi connectivity index (χ0n) is 18.4. The Labute approximate surface area is 187 Å². The molecule has 0 spiro atoms. The first-order valence-electron chi connectivity index (χ1n) is 10.7. The molecule has 0 N–H and O–H groups in total. The van der Waals surface area contributed by atoms with Crippen molar-refractivity contribution in [3.05, 3.63) is 107 Å². The second kappa shape index (κ2) is 8.79. The van der Waals surface area contributed by atoms with Gasteiger partial charge in [0, 0.05) is 13.1 Å². The molecule has 0 radical (unpaired) electrons. The summed E-state index contributed by atoms with van der Waals surface area (Å²) in [6, 6.07) is 21.2. The van der Waals surface area contributed by atoms with Crippen molar-refractivity contribution in [3.8, 4) is 0 Å². The van der Waals surface area contributed by atoms with Crippen LogP contribution in [0.3, 0.4) is 0 Å². The van der Waals surface area contributed by atoms with E-state index in [1.165, 1.54) is 17.0 Å². The van der Waals surface area contributed by atoms with E-state index in [0.29, 0.717) is 35.6 Å². The van der Waals surface area contributed by atoms with Gasteiger partial charge in [0.15, 0.2) is 0 Å². The first kappa shape index (κ1) is 21.5. The van der Waals surface area contributed by atoms with Gasteiger partial charge in [-0.25, -0.2) is 9.29 Å². The highest BCUT2D eigenvalue weighted by molar-refractivity contribution is 6.45. The summed E-state index contributed by atoms with van der Waals surface area (Å²) in [4.78, 5) is 30.5. The van der Waals surface area contributed by atoms with Crippen molar-refractivity contribution in [1.82, 2.24) is 4.90 Å². The number of nitrogens with zero attached hydrogens (tertiary/aromatic N) is 2. The van der Waals surface area contributed by atoms with Crippen LogP contribution in [-0.2, 0) is 16.1 Å². The number of benzene rings is 3. The highest BCUT2D eigenvalue weighted by Gasteiger charge is 2.42. The summed E-state index contributed by atoms with van der Waals surface area (Å²) in [7, 11) is 0. The zero-order chi connectivity index (χ0) is 22.8. The molecule has 162 valence electrons. The van der Waals surface area contributed by atoms with Crippen molar-refractivity contribution in [2.75, 3.05) is 11.4 Å². The summed E-state index contributed by atoms with van der Waals surface area (Å²) in [5.41, 5.74) is 4.66. The van der Waals surface area contributed by atoms with Gasteiger partial charge in [-0.05, 0) is 55.7 Å². The predicted octanol–water partition coefficient (Wildman–Crippen LogP) is 5.25. The number of imide groups is 1. The largest absolute Gasteiger partial charge is 0.362 e. The number of aryl methyl sites for hydroxylation is 2. The number of hydrogen-bond acceptors (Lipinski definition) is 3. The molecular formula is C27H25FN2O2. The van der Waals surface area contributed by atoms with Gasteiger partial charge in [-0.3, -0.25) is 9.59 Å². The third kappa shape index (κ3) is 3.94. The van der Waals surface area contributed by atoms with E-state index in [0.717, 1.165) is 16.7 Å². The highest BCUT2D eigenvalue weighted by Crippen LogP contribution is 2.36. The number of carbonyl (C=O) groups excluding carboxylic acids is 2. The third-order valence-electron chi connectivity index (χ3n) is 5.70. The monoisotopic (exact) mass is 428 g/mol. The Balaban J connectivity index is 1.85. The minimum atomic E-state index is -0.393. The fourth-order valence-corrected chi connectivity index (χ4v) is 4.12. The van der Waals surface area contributed by atoms with Gasteiger partial charge < -0.3 is 4.90 Å². The molecule has 0 fully saturated rings. The second-order valence-corrected chi connectivity index (χ2v) is 7.97. The molecule has 3 aromatic rings. The molecule has 2 amide bonds. The van der Waals surface area contributed by atoms with Crippen LogP contribution in [0.4, 0.5) is 10.1 Å². The lowest BCUT2D eigenvalue weighted by Gasteiger charge is -2.25. The molecule has 0 aliphatic carbocycles. The number of hydrogen-bond donors (Lipinski definition) is 0. The van der Waals surface area contributed by atoms with Crippen LogP contribution in [0.25, 0.3) is 5.57 Å². The van der Waals surface area contributed by atoms with Gasteiger partial charge in [-0.15, -0.1) is 0 Å². The molecule has 4 rings (SSSR count). The molecule has 0 unspecified atom stereocenters. The summed E-state index contributed by atoms with van der Waals surface area (Å²) in [6.45, 7) is 6.83. The zero-order valence-corrected chi connectivity index (χ0v) is 18.4. The SMILES string of the molecule is CCN(Cc1ccccc1)C1=C(c2ccc(F)cc2)C(=O)N(c2ccc(C)cc2C)C1=O. The normalized spacial score (nSPS) is 13.8. The van der Waals surface area contributed by atoms with E-state index in [2.05, 4.69) is 0 Å². The van der Waals surface area contributed by atoms with Crippen LogP contribution < -0.4 is 4.90 Å². The number of carbonyl (C=O) groups is 2. The Morgan fingerprint density at radius 1 is 0.875 bits per heavy atom. The van der Waals surface area contributed by atoms with E-state index >= 15 is 0 Å². The lowest BCUT2D eigenvalue weighted by atomic mass is 10.0. The molecule has 0 bridgehead atoms. The van der Waals surface area contributed by atoms with Crippen LogP contribution in [-0.4, -0.2) is 23.3 Å². The summed E-state index contributed by atoms with van der Waals surface area (Å²) in [5, 5.41) is 0. The standard InChI is InChI=1S/C27H25FN2O2/c1-4-29(17-20-8-6-5-7-9-20)25-24(21-11-13-22(28)14-12-21)26(31)30(27(25)32)23-15-10-18(2)16-19(23)3/h5-16H,4,17H2,1-3H3. The fraction of sp³-hybridized carbons (Fsp3) is 0.185. The summed E-state index contributed by atoms with van der Waals surface area (Å²) in [6.07, 6.45) is 0. The average molecular weight is 429 g/mol. The van der Waals surface area contributed by atoms with Crippen molar-refractivity contribution in [2.45, 2.75) is 27.3 Å². The lowest BCUT2D eigenvalue weighted by Crippen LogP contribution is -2.35. The van der Waals surface area contributed by atoms with Crippen LogP contribution in [0.2, 0.25) is 0 Å². The molecule has 1 aliphatic heterocycles. The van der Waals surface area contributed by atoms with Crippen molar-refractivity contribution in [1.29, 1.82) is 0 Å². The van der Waals surface area contributed by atoms with Crippen LogP contribution >= 0.6 is 0 Å². The number of rotatable bonds is 6. The maximum absolute atomic E-state index is 13.7. The Morgan fingerprint density at radius 3 is 2.19 bits per heavy atom. The van der Waals surface area contributed by atoms with Crippen LogP contribution in [0, 0.1) is 19.7 Å². The Hall–Kier alpha value is -3.73. The van der Waals surface area contributed by atoms with Crippen molar-refractivity contribution < 1.29 is 14.0 Å².